The fraction of sp³-hybridized carbons (Fsp3) is 0.179. The summed E-state index contributed by atoms with van der Waals surface area (Å²) in [5.41, 5.74) is 5.43. The Balaban J connectivity index is 1.18. The minimum absolute atomic E-state index is 0.155. The first-order valence-corrected chi connectivity index (χ1v) is 12.7. The van der Waals surface area contributed by atoms with Crippen molar-refractivity contribution in [3.8, 4) is 17.0 Å². The standard InChI is InChI=1S/C28H25N5O2S/c1-17-32-26-24(36-17)12-11-22-25(26)21(16-31-22)28(34)33-19-7-9-20(10-8-19)35-23(27-29-13-14-30-27)15-18-5-3-2-4-6-18/h2-10,13-14,16,23,31H,11-12,15H2,1H3,(H,29,30)(H,33,34). The lowest BCUT2D eigenvalue weighted by atomic mass is 9.96. The molecule has 2 aromatic carbocycles. The molecule has 0 saturated heterocycles. The number of anilines is 1. The number of thiazole rings is 1. The van der Waals surface area contributed by atoms with Gasteiger partial charge in [-0.15, -0.1) is 11.3 Å². The molecule has 0 saturated carbocycles. The van der Waals surface area contributed by atoms with Crippen LogP contribution in [-0.4, -0.2) is 25.8 Å². The monoisotopic (exact) mass is 495 g/mol. The number of nitrogens with one attached hydrogen (secondary N) is 3. The van der Waals surface area contributed by atoms with Crippen LogP contribution in [0.2, 0.25) is 0 Å². The number of aryl methyl sites for hydroxylation is 3. The zero-order valence-electron chi connectivity index (χ0n) is 19.7. The molecule has 5 aromatic rings. The summed E-state index contributed by atoms with van der Waals surface area (Å²) in [5, 5.41) is 4.05. The molecule has 0 bridgehead atoms. The van der Waals surface area contributed by atoms with E-state index in [2.05, 4.69) is 32.4 Å². The van der Waals surface area contributed by atoms with Gasteiger partial charge < -0.3 is 20.0 Å². The Morgan fingerprint density at radius 3 is 2.72 bits per heavy atom. The van der Waals surface area contributed by atoms with Gasteiger partial charge in [-0.1, -0.05) is 30.3 Å². The van der Waals surface area contributed by atoms with Gasteiger partial charge in [-0.3, -0.25) is 4.79 Å². The second-order valence-electron chi connectivity index (χ2n) is 8.81. The van der Waals surface area contributed by atoms with E-state index < -0.39 is 0 Å². The molecule has 3 N–H and O–H groups in total. The van der Waals surface area contributed by atoms with Gasteiger partial charge in [0.2, 0.25) is 0 Å². The summed E-state index contributed by atoms with van der Waals surface area (Å²) in [6.45, 7) is 2.01. The Bertz CT molecular complexity index is 1490. The molecule has 1 atom stereocenters. The molecule has 36 heavy (non-hydrogen) atoms. The fourth-order valence-corrected chi connectivity index (χ4v) is 5.58. The van der Waals surface area contributed by atoms with Crippen LogP contribution in [0.1, 0.15) is 43.4 Å². The lowest BCUT2D eigenvalue weighted by Gasteiger charge is -2.18. The zero-order valence-corrected chi connectivity index (χ0v) is 20.6. The number of carbonyl (C=O) groups excluding carboxylic acids is 1. The van der Waals surface area contributed by atoms with Crippen molar-refractivity contribution in [2.24, 2.45) is 0 Å². The average molecular weight is 496 g/mol. The molecule has 1 amide bonds. The predicted molar refractivity (Wildman–Crippen MR) is 141 cm³/mol. The lowest BCUT2D eigenvalue weighted by molar-refractivity contribution is 0.102. The minimum Gasteiger partial charge on any atom is -0.482 e. The number of rotatable bonds is 7. The number of amides is 1. The summed E-state index contributed by atoms with van der Waals surface area (Å²) in [5.74, 6) is 1.31. The van der Waals surface area contributed by atoms with Crippen LogP contribution >= 0.6 is 11.3 Å². The van der Waals surface area contributed by atoms with Crippen molar-refractivity contribution in [3.63, 3.8) is 0 Å². The third-order valence-electron chi connectivity index (χ3n) is 6.33. The zero-order chi connectivity index (χ0) is 24.5. The number of aromatic nitrogens is 4. The molecule has 1 unspecified atom stereocenters. The van der Waals surface area contributed by atoms with E-state index in [1.807, 2.05) is 49.4 Å². The van der Waals surface area contributed by atoms with E-state index in [9.17, 15) is 4.79 Å². The van der Waals surface area contributed by atoms with Gasteiger partial charge in [0.1, 0.15) is 11.6 Å². The Morgan fingerprint density at radius 1 is 1.11 bits per heavy atom. The molecule has 180 valence electrons. The number of ether oxygens (including phenoxy) is 1. The number of nitrogens with zero attached hydrogens (tertiary/aromatic N) is 2. The topological polar surface area (TPSA) is 95.7 Å². The van der Waals surface area contributed by atoms with Gasteiger partial charge in [0.15, 0.2) is 6.10 Å². The van der Waals surface area contributed by atoms with E-state index in [1.54, 1.807) is 29.9 Å². The fourth-order valence-electron chi connectivity index (χ4n) is 4.64. The molecular weight excluding hydrogens is 470 g/mol. The first-order chi connectivity index (χ1) is 17.6. The second kappa shape index (κ2) is 9.47. The number of hydrogen-bond acceptors (Lipinski definition) is 5. The van der Waals surface area contributed by atoms with Gasteiger partial charge in [-0.05, 0) is 49.6 Å². The molecule has 0 spiro atoms. The van der Waals surface area contributed by atoms with Crippen LogP contribution in [-0.2, 0) is 19.3 Å². The van der Waals surface area contributed by atoms with Crippen LogP contribution in [0.15, 0.2) is 73.2 Å². The molecular formula is C28H25N5O2S. The number of aromatic amines is 2. The molecule has 0 aliphatic heterocycles. The van der Waals surface area contributed by atoms with E-state index in [0.717, 1.165) is 46.2 Å². The van der Waals surface area contributed by atoms with Gasteiger partial charge in [0.25, 0.3) is 5.91 Å². The van der Waals surface area contributed by atoms with Crippen LogP contribution in [0, 0.1) is 6.92 Å². The second-order valence-corrected chi connectivity index (χ2v) is 10.1. The van der Waals surface area contributed by atoms with Crippen LogP contribution in [0.25, 0.3) is 11.3 Å². The minimum atomic E-state index is -0.259. The highest BCUT2D eigenvalue weighted by Crippen LogP contribution is 2.38. The maximum atomic E-state index is 13.2. The summed E-state index contributed by atoms with van der Waals surface area (Å²) >= 11 is 1.71. The van der Waals surface area contributed by atoms with Crippen LogP contribution in [0.4, 0.5) is 5.69 Å². The van der Waals surface area contributed by atoms with E-state index in [0.29, 0.717) is 23.4 Å². The smallest absolute Gasteiger partial charge is 0.257 e. The van der Waals surface area contributed by atoms with E-state index in [4.69, 9.17) is 9.72 Å². The number of H-pyrrole nitrogens is 2. The van der Waals surface area contributed by atoms with Crippen molar-refractivity contribution in [3.05, 3.63) is 106 Å². The number of carbonyl (C=O) groups is 1. The molecule has 3 aromatic heterocycles. The first kappa shape index (κ1) is 22.3. The molecule has 7 nitrogen and oxygen atoms in total. The molecule has 1 aliphatic carbocycles. The van der Waals surface area contributed by atoms with Crippen molar-refractivity contribution in [2.45, 2.75) is 32.3 Å². The number of fused-ring (bicyclic) bond motifs is 3. The normalized spacial score (nSPS) is 13.0. The lowest BCUT2D eigenvalue weighted by Crippen LogP contribution is -2.14. The van der Waals surface area contributed by atoms with Crippen molar-refractivity contribution in [2.75, 3.05) is 5.32 Å². The largest absolute Gasteiger partial charge is 0.482 e. The third kappa shape index (κ3) is 4.43. The maximum Gasteiger partial charge on any atom is 0.257 e. The van der Waals surface area contributed by atoms with Crippen LogP contribution < -0.4 is 10.1 Å². The van der Waals surface area contributed by atoms with Gasteiger partial charge in [-0.25, -0.2) is 9.97 Å². The Morgan fingerprint density at radius 2 is 1.94 bits per heavy atom. The molecule has 8 heteroatoms. The highest BCUT2D eigenvalue weighted by Gasteiger charge is 2.27. The molecule has 6 rings (SSSR count). The quantitative estimate of drug-likeness (QED) is 0.263. The Hall–Kier alpha value is -4.17. The van der Waals surface area contributed by atoms with Crippen molar-refractivity contribution < 1.29 is 9.53 Å². The number of hydrogen-bond donors (Lipinski definition) is 3. The highest BCUT2D eigenvalue weighted by molar-refractivity contribution is 7.12. The summed E-state index contributed by atoms with van der Waals surface area (Å²) in [6.07, 6.45) is 7.59. The van der Waals surface area contributed by atoms with Crippen LogP contribution in [0.5, 0.6) is 5.75 Å². The van der Waals surface area contributed by atoms with Gasteiger partial charge in [0, 0.05) is 46.8 Å². The first-order valence-electron chi connectivity index (χ1n) is 11.9. The van der Waals surface area contributed by atoms with Crippen LogP contribution in [0.3, 0.4) is 0 Å². The summed E-state index contributed by atoms with van der Waals surface area (Å²) in [7, 11) is 0. The van der Waals surface area contributed by atoms with Gasteiger partial charge in [0.05, 0.1) is 16.3 Å². The van der Waals surface area contributed by atoms with E-state index in [1.165, 1.54) is 4.88 Å². The average Bonchev–Trinajstić information content (AvgIpc) is 3.64. The SMILES string of the molecule is Cc1nc2c(s1)CCc1[nH]cc(C(=O)Nc3ccc(OC(Cc4ccccc4)c4ncc[nH]4)cc3)c1-2. The Labute approximate surface area is 212 Å². The van der Waals surface area contributed by atoms with Crippen molar-refractivity contribution >= 4 is 22.9 Å². The van der Waals surface area contributed by atoms with Gasteiger partial charge >= 0.3 is 0 Å². The molecule has 0 radical (unpaired) electrons. The summed E-state index contributed by atoms with van der Waals surface area (Å²) in [6, 6.07) is 17.6. The molecule has 0 fully saturated rings. The summed E-state index contributed by atoms with van der Waals surface area (Å²) < 4.78 is 6.29. The summed E-state index contributed by atoms with van der Waals surface area (Å²) in [4.78, 5) is 30.0. The van der Waals surface area contributed by atoms with Crippen molar-refractivity contribution in [1.82, 2.24) is 19.9 Å². The number of imidazole rings is 1. The predicted octanol–water partition coefficient (Wildman–Crippen LogP) is 5.88. The van der Waals surface area contributed by atoms with E-state index >= 15 is 0 Å². The maximum absolute atomic E-state index is 13.2. The molecule has 1 aliphatic rings. The third-order valence-corrected chi connectivity index (χ3v) is 7.36. The Kier molecular flexibility index (Phi) is 5.87. The van der Waals surface area contributed by atoms with Crippen molar-refractivity contribution in [1.29, 1.82) is 0 Å². The van der Waals surface area contributed by atoms with E-state index in [-0.39, 0.29) is 12.0 Å². The molecule has 3 heterocycles. The highest BCUT2D eigenvalue weighted by atomic mass is 32.1. The van der Waals surface area contributed by atoms with Gasteiger partial charge in [-0.2, -0.15) is 0 Å². The number of benzene rings is 2.